The van der Waals surface area contributed by atoms with Crippen molar-refractivity contribution < 1.29 is 0 Å². The molecule has 0 bridgehead atoms. The highest BCUT2D eigenvalue weighted by Crippen LogP contribution is 2.50. The Hall–Kier alpha value is -0.820. The second-order valence-electron chi connectivity index (χ2n) is 7.47. The maximum Gasteiger partial charge on any atom is 0.0205 e. The fourth-order valence-electron chi connectivity index (χ4n) is 2.44. The highest BCUT2D eigenvalue weighted by Gasteiger charge is 2.44. The number of benzene rings is 1. The van der Waals surface area contributed by atoms with E-state index in [1.54, 1.807) is 0 Å². The minimum atomic E-state index is 0.254. The Labute approximate surface area is 112 Å². The molecule has 0 aliphatic heterocycles. The molecule has 1 aliphatic rings. The van der Waals surface area contributed by atoms with Crippen LogP contribution in [0.25, 0.3) is 0 Å². The van der Waals surface area contributed by atoms with E-state index in [9.17, 15) is 0 Å². The van der Waals surface area contributed by atoms with E-state index in [0.717, 1.165) is 19.0 Å². The average Bonchev–Trinajstić information content (AvgIpc) is 2.86. The van der Waals surface area contributed by atoms with Crippen LogP contribution in [-0.2, 0) is 12.0 Å². The molecule has 0 spiro atoms. The molecular formula is C17H27N. The molecule has 1 unspecified atom stereocenters. The minimum absolute atomic E-state index is 0.254. The molecule has 0 heterocycles. The molecule has 1 heteroatoms. The normalized spacial score (nSPS) is 21.9. The van der Waals surface area contributed by atoms with Crippen molar-refractivity contribution in [3.05, 3.63) is 35.4 Å². The van der Waals surface area contributed by atoms with E-state index in [0.29, 0.717) is 5.41 Å². The summed E-state index contributed by atoms with van der Waals surface area (Å²) >= 11 is 0. The van der Waals surface area contributed by atoms with Crippen LogP contribution in [-0.4, -0.2) is 6.54 Å². The largest absolute Gasteiger partial charge is 0.312 e. The van der Waals surface area contributed by atoms with Crippen LogP contribution in [0.4, 0.5) is 0 Å². The first-order chi connectivity index (χ1) is 8.29. The van der Waals surface area contributed by atoms with Crippen molar-refractivity contribution in [3.8, 4) is 0 Å². The fourth-order valence-corrected chi connectivity index (χ4v) is 2.44. The molecular weight excluding hydrogens is 218 g/mol. The molecule has 1 fully saturated rings. The lowest BCUT2D eigenvalue weighted by Crippen LogP contribution is -2.18. The molecule has 1 aromatic rings. The predicted molar refractivity (Wildman–Crippen MR) is 78.7 cm³/mol. The van der Waals surface area contributed by atoms with Crippen LogP contribution in [0.3, 0.4) is 0 Å². The summed E-state index contributed by atoms with van der Waals surface area (Å²) in [4.78, 5) is 0. The summed E-state index contributed by atoms with van der Waals surface area (Å²) in [5, 5.41) is 3.58. The van der Waals surface area contributed by atoms with Crippen molar-refractivity contribution in [2.75, 3.05) is 6.54 Å². The summed E-state index contributed by atoms with van der Waals surface area (Å²) < 4.78 is 0. The molecule has 18 heavy (non-hydrogen) atoms. The van der Waals surface area contributed by atoms with Gasteiger partial charge in [-0.25, -0.2) is 0 Å². The van der Waals surface area contributed by atoms with Gasteiger partial charge in [0.25, 0.3) is 0 Å². The number of hydrogen-bond donors (Lipinski definition) is 1. The van der Waals surface area contributed by atoms with E-state index in [-0.39, 0.29) is 5.41 Å². The molecule has 0 aromatic heterocycles. The first-order valence-corrected chi connectivity index (χ1v) is 7.09. The Bertz CT molecular complexity index is 395. The molecule has 0 radical (unpaired) electrons. The maximum absolute atomic E-state index is 3.58. The number of nitrogens with one attached hydrogen (secondary N) is 1. The van der Waals surface area contributed by atoms with Crippen LogP contribution in [0, 0.1) is 11.3 Å². The smallest absolute Gasteiger partial charge is 0.0205 e. The number of hydrogen-bond acceptors (Lipinski definition) is 1. The van der Waals surface area contributed by atoms with Crippen LogP contribution in [0.15, 0.2) is 24.3 Å². The van der Waals surface area contributed by atoms with Crippen molar-refractivity contribution in [1.29, 1.82) is 0 Å². The first kappa shape index (κ1) is 13.6. The summed E-state index contributed by atoms with van der Waals surface area (Å²) in [5.74, 6) is 0.881. The highest BCUT2D eigenvalue weighted by atomic mass is 14.9. The van der Waals surface area contributed by atoms with Crippen molar-refractivity contribution in [1.82, 2.24) is 5.32 Å². The molecule has 1 aliphatic carbocycles. The molecule has 2 rings (SSSR count). The van der Waals surface area contributed by atoms with Gasteiger partial charge in [0.05, 0.1) is 0 Å². The summed E-state index contributed by atoms with van der Waals surface area (Å²) in [7, 11) is 0. The summed E-state index contributed by atoms with van der Waals surface area (Å²) in [5.41, 5.74) is 3.64. The molecule has 0 saturated heterocycles. The summed E-state index contributed by atoms with van der Waals surface area (Å²) in [6.45, 7) is 13.7. The zero-order valence-electron chi connectivity index (χ0n) is 12.5. The second kappa shape index (κ2) is 4.70. The van der Waals surface area contributed by atoms with Crippen molar-refractivity contribution in [2.45, 2.75) is 53.0 Å². The monoisotopic (exact) mass is 245 g/mol. The molecule has 1 saturated carbocycles. The Morgan fingerprint density at radius 3 is 2.17 bits per heavy atom. The third-order valence-corrected chi connectivity index (χ3v) is 4.26. The Kier molecular flexibility index (Phi) is 3.55. The Morgan fingerprint density at radius 1 is 1.17 bits per heavy atom. The van der Waals surface area contributed by atoms with E-state index < -0.39 is 0 Å². The number of rotatable bonds is 4. The third-order valence-electron chi connectivity index (χ3n) is 4.26. The van der Waals surface area contributed by atoms with E-state index in [1.807, 2.05) is 0 Å². The van der Waals surface area contributed by atoms with Gasteiger partial charge in [-0.3, -0.25) is 0 Å². The van der Waals surface area contributed by atoms with Crippen LogP contribution in [0.2, 0.25) is 0 Å². The Morgan fingerprint density at radius 2 is 1.72 bits per heavy atom. The van der Waals surface area contributed by atoms with Gasteiger partial charge in [-0.2, -0.15) is 0 Å². The van der Waals surface area contributed by atoms with Gasteiger partial charge in [-0.15, -0.1) is 0 Å². The van der Waals surface area contributed by atoms with Gasteiger partial charge >= 0.3 is 0 Å². The first-order valence-electron chi connectivity index (χ1n) is 7.09. The summed E-state index contributed by atoms with van der Waals surface area (Å²) in [6.07, 6.45) is 1.38. The van der Waals surface area contributed by atoms with Crippen LogP contribution >= 0.6 is 0 Å². The van der Waals surface area contributed by atoms with Gasteiger partial charge in [-0.1, -0.05) is 58.9 Å². The molecule has 0 amide bonds. The van der Waals surface area contributed by atoms with Crippen LogP contribution in [0.5, 0.6) is 0 Å². The average molecular weight is 245 g/mol. The molecule has 1 N–H and O–H groups in total. The van der Waals surface area contributed by atoms with Gasteiger partial charge < -0.3 is 5.32 Å². The third kappa shape index (κ3) is 3.35. The topological polar surface area (TPSA) is 12.0 Å². The van der Waals surface area contributed by atoms with Gasteiger partial charge in [0, 0.05) is 6.54 Å². The molecule has 1 aromatic carbocycles. The lowest BCUT2D eigenvalue weighted by molar-refractivity contribution is 0.519. The van der Waals surface area contributed by atoms with Crippen LogP contribution in [0.1, 0.15) is 52.2 Å². The molecule has 1 nitrogen and oxygen atoms in total. The highest BCUT2D eigenvalue weighted by molar-refractivity contribution is 5.27. The van der Waals surface area contributed by atoms with Gasteiger partial charge in [0.15, 0.2) is 0 Å². The van der Waals surface area contributed by atoms with E-state index in [2.05, 4.69) is 64.2 Å². The van der Waals surface area contributed by atoms with Gasteiger partial charge in [0.2, 0.25) is 0 Å². The van der Waals surface area contributed by atoms with Gasteiger partial charge in [0.1, 0.15) is 0 Å². The summed E-state index contributed by atoms with van der Waals surface area (Å²) in [6, 6.07) is 9.04. The molecule has 1 atom stereocenters. The quantitative estimate of drug-likeness (QED) is 0.841. The zero-order valence-corrected chi connectivity index (χ0v) is 12.5. The van der Waals surface area contributed by atoms with Crippen molar-refractivity contribution >= 4 is 0 Å². The van der Waals surface area contributed by atoms with E-state index in [1.165, 1.54) is 17.5 Å². The second-order valence-corrected chi connectivity index (χ2v) is 7.47. The van der Waals surface area contributed by atoms with Crippen molar-refractivity contribution in [2.24, 2.45) is 11.3 Å². The van der Waals surface area contributed by atoms with E-state index in [4.69, 9.17) is 0 Å². The maximum atomic E-state index is 3.58. The van der Waals surface area contributed by atoms with Gasteiger partial charge in [-0.05, 0) is 40.8 Å². The van der Waals surface area contributed by atoms with Crippen molar-refractivity contribution in [3.63, 3.8) is 0 Å². The predicted octanol–water partition coefficient (Wildman–Crippen LogP) is 4.12. The lowest BCUT2D eigenvalue weighted by atomic mass is 9.87. The zero-order chi connectivity index (χ0) is 13.4. The molecule has 100 valence electrons. The SMILES string of the molecule is CC(C)(C)c1ccc(CNCC2CC2(C)C)cc1. The lowest BCUT2D eigenvalue weighted by Gasteiger charge is -2.19. The Balaban J connectivity index is 1.80. The standard InChI is InChI=1S/C17H27N/c1-16(2,3)14-8-6-13(7-9-14)11-18-12-15-10-17(15,4)5/h6-9,15,18H,10-12H2,1-5H3. The fraction of sp³-hybridized carbons (Fsp3) is 0.647. The van der Waals surface area contributed by atoms with E-state index >= 15 is 0 Å². The van der Waals surface area contributed by atoms with Crippen LogP contribution < -0.4 is 5.32 Å². The minimum Gasteiger partial charge on any atom is -0.312 e.